The lowest BCUT2D eigenvalue weighted by molar-refractivity contribution is 0.154. The van der Waals surface area contributed by atoms with Crippen molar-refractivity contribution in [1.29, 1.82) is 0 Å². The van der Waals surface area contributed by atoms with Crippen LogP contribution in [0.2, 0.25) is 10.0 Å². The quantitative estimate of drug-likeness (QED) is 0.574. The molecule has 5 N–H and O–H groups in total. The highest BCUT2D eigenvalue weighted by Gasteiger charge is 2.25. The van der Waals surface area contributed by atoms with E-state index in [1.807, 2.05) is 18.2 Å². The Hall–Kier alpha value is -2.38. The van der Waals surface area contributed by atoms with E-state index in [9.17, 15) is 4.79 Å². The molecule has 0 spiro atoms. The maximum absolute atomic E-state index is 11.0. The number of rotatable bonds is 6. The van der Waals surface area contributed by atoms with Gasteiger partial charge in [-0.2, -0.15) is 0 Å². The number of amides is 1. The van der Waals surface area contributed by atoms with Crippen LogP contribution in [-0.2, 0) is 6.54 Å². The summed E-state index contributed by atoms with van der Waals surface area (Å²) in [6, 6.07) is 7.31. The number of hydrogen-bond donors (Lipinski definition) is 4. The monoisotopic (exact) mass is 409 g/mol. The zero-order chi connectivity index (χ0) is 19.4. The average molecular weight is 410 g/mol. The number of aromatic nitrogens is 1. The molecule has 1 amide bonds. The van der Waals surface area contributed by atoms with Gasteiger partial charge in [0.05, 0.1) is 27.6 Å². The molecule has 1 saturated heterocycles. The molecule has 1 unspecified atom stereocenters. The first-order valence-corrected chi connectivity index (χ1v) is 9.33. The van der Waals surface area contributed by atoms with Gasteiger partial charge in [-0.25, -0.2) is 9.78 Å². The molecule has 1 aromatic carbocycles. The number of carbonyl (C=O) groups is 1. The predicted molar refractivity (Wildman–Crippen MR) is 109 cm³/mol. The topological polar surface area (TPSA) is 104 Å². The second kappa shape index (κ2) is 8.54. The highest BCUT2D eigenvalue weighted by molar-refractivity contribution is 6.42. The van der Waals surface area contributed by atoms with Crippen LogP contribution < -0.4 is 16.4 Å². The van der Waals surface area contributed by atoms with Crippen molar-refractivity contribution in [3.05, 3.63) is 46.1 Å². The Morgan fingerprint density at radius 3 is 2.93 bits per heavy atom. The van der Waals surface area contributed by atoms with Crippen LogP contribution in [0, 0.1) is 5.92 Å². The van der Waals surface area contributed by atoms with E-state index in [2.05, 4.69) is 15.6 Å². The summed E-state index contributed by atoms with van der Waals surface area (Å²) in [7, 11) is 0. The number of anilines is 3. The van der Waals surface area contributed by atoms with Gasteiger partial charge in [-0.3, -0.25) is 0 Å². The van der Waals surface area contributed by atoms with Crippen LogP contribution in [0.15, 0.2) is 30.5 Å². The Labute approximate surface area is 167 Å². The van der Waals surface area contributed by atoms with Crippen molar-refractivity contribution < 1.29 is 9.90 Å². The number of nitrogens with one attached hydrogen (secondary N) is 2. The molecule has 144 valence electrons. The number of hydrogen-bond acceptors (Lipinski definition) is 5. The van der Waals surface area contributed by atoms with Gasteiger partial charge in [0.25, 0.3) is 0 Å². The fraction of sp³-hybridized carbons (Fsp3) is 0.333. The van der Waals surface area contributed by atoms with E-state index < -0.39 is 6.09 Å². The molecule has 1 aliphatic rings. The van der Waals surface area contributed by atoms with Gasteiger partial charge in [0, 0.05) is 32.2 Å². The number of pyridine rings is 1. The summed E-state index contributed by atoms with van der Waals surface area (Å²) in [5, 5.41) is 16.6. The zero-order valence-corrected chi connectivity index (χ0v) is 16.1. The number of benzene rings is 1. The third kappa shape index (κ3) is 4.87. The van der Waals surface area contributed by atoms with Crippen LogP contribution >= 0.6 is 23.2 Å². The molecule has 2 heterocycles. The third-order valence-electron chi connectivity index (χ3n) is 4.56. The SMILES string of the molecule is Nc1cnc(NCC2CCN(C(=O)O)C2)cc1NCc1cccc(Cl)c1Cl. The largest absolute Gasteiger partial charge is 0.465 e. The minimum atomic E-state index is -0.866. The smallest absolute Gasteiger partial charge is 0.407 e. The number of nitrogens with two attached hydrogens (primary N) is 1. The number of halogens is 2. The maximum atomic E-state index is 11.0. The second-order valence-electron chi connectivity index (χ2n) is 6.49. The standard InChI is InChI=1S/C18H21Cl2N5O2/c19-13-3-1-2-12(17(13)20)8-22-15-6-16(24-9-14(15)21)23-7-11-4-5-25(10-11)18(26)27/h1-3,6,9,11H,4-5,7-8,10,21H2,(H,26,27)(H2,22,23,24). The fourth-order valence-electron chi connectivity index (χ4n) is 3.01. The van der Waals surface area contributed by atoms with Crippen molar-refractivity contribution in [3.8, 4) is 0 Å². The summed E-state index contributed by atoms with van der Waals surface area (Å²) in [4.78, 5) is 16.7. The van der Waals surface area contributed by atoms with Gasteiger partial charge in [0.1, 0.15) is 5.82 Å². The molecular formula is C18H21Cl2N5O2. The first-order valence-electron chi connectivity index (χ1n) is 8.58. The van der Waals surface area contributed by atoms with Crippen LogP contribution in [0.1, 0.15) is 12.0 Å². The van der Waals surface area contributed by atoms with Crippen molar-refractivity contribution in [2.24, 2.45) is 5.92 Å². The van der Waals surface area contributed by atoms with Crippen molar-refractivity contribution in [2.75, 3.05) is 36.0 Å². The van der Waals surface area contributed by atoms with Gasteiger partial charge in [0.2, 0.25) is 0 Å². The molecule has 0 bridgehead atoms. The summed E-state index contributed by atoms with van der Waals surface area (Å²) >= 11 is 12.3. The summed E-state index contributed by atoms with van der Waals surface area (Å²) in [5.41, 5.74) is 8.14. The highest BCUT2D eigenvalue weighted by atomic mass is 35.5. The van der Waals surface area contributed by atoms with Crippen molar-refractivity contribution in [3.63, 3.8) is 0 Å². The molecule has 0 radical (unpaired) electrons. The molecule has 1 atom stereocenters. The van der Waals surface area contributed by atoms with E-state index in [1.165, 1.54) is 4.90 Å². The summed E-state index contributed by atoms with van der Waals surface area (Å²) in [6.45, 7) is 2.24. The van der Waals surface area contributed by atoms with Gasteiger partial charge in [0.15, 0.2) is 0 Å². The molecule has 1 fully saturated rings. The lowest BCUT2D eigenvalue weighted by Gasteiger charge is -2.15. The fourth-order valence-corrected chi connectivity index (χ4v) is 3.40. The molecule has 1 aliphatic heterocycles. The summed E-state index contributed by atoms with van der Waals surface area (Å²) in [5.74, 6) is 0.944. The molecule has 7 nitrogen and oxygen atoms in total. The highest BCUT2D eigenvalue weighted by Crippen LogP contribution is 2.28. The minimum absolute atomic E-state index is 0.266. The van der Waals surface area contributed by atoms with E-state index >= 15 is 0 Å². The van der Waals surface area contributed by atoms with Crippen molar-refractivity contribution in [1.82, 2.24) is 9.88 Å². The minimum Gasteiger partial charge on any atom is -0.465 e. The van der Waals surface area contributed by atoms with E-state index in [0.29, 0.717) is 47.7 Å². The number of nitrogens with zero attached hydrogens (tertiary/aromatic N) is 2. The molecule has 0 aliphatic carbocycles. The molecule has 3 rings (SSSR count). The Kier molecular flexibility index (Phi) is 6.13. The molecule has 1 aromatic heterocycles. The van der Waals surface area contributed by atoms with Gasteiger partial charge in [-0.15, -0.1) is 0 Å². The normalized spacial score (nSPS) is 16.4. The molecule has 2 aromatic rings. The Balaban J connectivity index is 1.59. The molecule has 9 heteroatoms. The number of likely N-dealkylation sites (tertiary alicyclic amines) is 1. The van der Waals surface area contributed by atoms with E-state index in [4.69, 9.17) is 34.0 Å². The van der Waals surface area contributed by atoms with Crippen LogP contribution in [0.4, 0.5) is 22.0 Å². The molecule has 0 saturated carbocycles. The first-order chi connectivity index (χ1) is 12.9. The van der Waals surface area contributed by atoms with Gasteiger partial charge >= 0.3 is 6.09 Å². The van der Waals surface area contributed by atoms with E-state index in [1.54, 1.807) is 12.3 Å². The predicted octanol–water partition coefficient (Wildman–Crippen LogP) is 3.99. The maximum Gasteiger partial charge on any atom is 0.407 e. The number of carboxylic acid groups (broad SMARTS) is 1. The lowest BCUT2D eigenvalue weighted by atomic mass is 10.1. The van der Waals surface area contributed by atoms with Crippen LogP contribution in [0.3, 0.4) is 0 Å². The number of nitrogen functional groups attached to an aromatic ring is 1. The van der Waals surface area contributed by atoms with Crippen molar-refractivity contribution >= 4 is 46.5 Å². The van der Waals surface area contributed by atoms with Crippen LogP contribution in [0.25, 0.3) is 0 Å². The van der Waals surface area contributed by atoms with E-state index in [0.717, 1.165) is 17.7 Å². The van der Waals surface area contributed by atoms with Gasteiger partial charge in [-0.1, -0.05) is 35.3 Å². The molecule has 27 heavy (non-hydrogen) atoms. The van der Waals surface area contributed by atoms with Gasteiger partial charge in [-0.05, 0) is 24.0 Å². The van der Waals surface area contributed by atoms with E-state index in [-0.39, 0.29) is 5.92 Å². The lowest BCUT2D eigenvalue weighted by Crippen LogP contribution is -2.28. The Morgan fingerprint density at radius 2 is 2.19 bits per heavy atom. The Bertz CT molecular complexity index is 833. The summed E-state index contributed by atoms with van der Waals surface area (Å²) in [6.07, 6.45) is 1.56. The van der Waals surface area contributed by atoms with Crippen LogP contribution in [-0.4, -0.2) is 40.7 Å². The Morgan fingerprint density at radius 1 is 1.37 bits per heavy atom. The second-order valence-corrected chi connectivity index (χ2v) is 7.27. The summed E-state index contributed by atoms with van der Waals surface area (Å²) < 4.78 is 0. The van der Waals surface area contributed by atoms with Crippen molar-refractivity contribution in [2.45, 2.75) is 13.0 Å². The average Bonchev–Trinajstić information content (AvgIpc) is 3.12. The first kappa shape index (κ1) is 19.4. The zero-order valence-electron chi connectivity index (χ0n) is 14.6. The third-order valence-corrected chi connectivity index (χ3v) is 5.42. The van der Waals surface area contributed by atoms with Crippen LogP contribution in [0.5, 0.6) is 0 Å². The molecular weight excluding hydrogens is 389 g/mol. The van der Waals surface area contributed by atoms with Gasteiger partial charge < -0.3 is 26.4 Å².